The Kier molecular flexibility index (Phi) is 7.78. The largest absolute Gasteiger partial charge is 0.354 e. The van der Waals surface area contributed by atoms with Crippen molar-refractivity contribution in [1.29, 1.82) is 0 Å². The standard InChI is InChI=1S/C29H33N5O2/c1-20(2)16-17-30-29(36)28(23-10-6-5-7-11-23)34(25-15-14-21(3)18-22(25)4)27(35)19-33-26-13-9-8-12-24(26)31-32-33/h5-15,18,20,28H,16-17,19H2,1-4H3,(H,30,36). The molecule has 0 fully saturated rings. The van der Waals surface area contributed by atoms with Gasteiger partial charge in [0.1, 0.15) is 18.1 Å². The molecule has 36 heavy (non-hydrogen) atoms. The topological polar surface area (TPSA) is 80.1 Å². The van der Waals surface area contributed by atoms with Crippen molar-refractivity contribution in [2.24, 2.45) is 5.92 Å². The van der Waals surface area contributed by atoms with Gasteiger partial charge in [0, 0.05) is 12.2 Å². The molecule has 4 rings (SSSR count). The van der Waals surface area contributed by atoms with E-state index in [1.54, 1.807) is 9.58 Å². The predicted octanol–water partition coefficient (Wildman–Crippen LogP) is 4.98. The third-order valence-corrected chi connectivity index (χ3v) is 6.23. The van der Waals surface area contributed by atoms with Crippen LogP contribution in [-0.4, -0.2) is 33.4 Å². The maximum atomic E-state index is 14.1. The Bertz CT molecular complexity index is 1350. The summed E-state index contributed by atoms with van der Waals surface area (Å²) < 4.78 is 1.59. The van der Waals surface area contributed by atoms with Gasteiger partial charge in [-0.15, -0.1) is 5.10 Å². The molecular formula is C29H33N5O2. The summed E-state index contributed by atoms with van der Waals surface area (Å²) in [6.07, 6.45) is 0.857. The maximum Gasteiger partial charge on any atom is 0.249 e. The zero-order valence-corrected chi connectivity index (χ0v) is 21.3. The molecule has 0 bridgehead atoms. The van der Waals surface area contributed by atoms with Crippen molar-refractivity contribution >= 4 is 28.5 Å². The highest BCUT2D eigenvalue weighted by molar-refractivity contribution is 6.02. The minimum Gasteiger partial charge on any atom is -0.354 e. The molecule has 0 aliphatic rings. The summed E-state index contributed by atoms with van der Waals surface area (Å²) >= 11 is 0. The molecule has 7 nitrogen and oxygen atoms in total. The highest BCUT2D eigenvalue weighted by Crippen LogP contribution is 2.31. The van der Waals surface area contributed by atoms with Gasteiger partial charge in [0.05, 0.1) is 5.52 Å². The molecule has 186 valence electrons. The van der Waals surface area contributed by atoms with E-state index in [1.165, 1.54) is 0 Å². The van der Waals surface area contributed by atoms with Crippen LogP contribution in [0.25, 0.3) is 11.0 Å². The first-order valence-corrected chi connectivity index (χ1v) is 12.4. The van der Waals surface area contributed by atoms with E-state index >= 15 is 0 Å². The number of aryl methyl sites for hydroxylation is 2. The first kappa shape index (κ1) is 25.1. The van der Waals surface area contributed by atoms with E-state index in [9.17, 15) is 9.59 Å². The van der Waals surface area contributed by atoms with Crippen LogP contribution in [0.2, 0.25) is 0 Å². The molecule has 0 aliphatic heterocycles. The van der Waals surface area contributed by atoms with Gasteiger partial charge in [0.2, 0.25) is 11.8 Å². The van der Waals surface area contributed by atoms with Crippen LogP contribution >= 0.6 is 0 Å². The second kappa shape index (κ2) is 11.2. The lowest BCUT2D eigenvalue weighted by molar-refractivity contribution is -0.127. The van der Waals surface area contributed by atoms with Gasteiger partial charge < -0.3 is 5.32 Å². The van der Waals surface area contributed by atoms with E-state index in [0.29, 0.717) is 18.2 Å². The highest BCUT2D eigenvalue weighted by atomic mass is 16.2. The number of carbonyl (C=O) groups excluding carboxylic acids is 2. The van der Waals surface area contributed by atoms with Gasteiger partial charge in [-0.1, -0.05) is 79.2 Å². The van der Waals surface area contributed by atoms with Crippen molar-refractivity contribution in [3.05, 3.63) is 89.5 Å². The van der Waals surface area contributed by atoms with Gasteiger partial charge in [-0.25, -0.2) is 4.68 Å². The summed E-state index contributed by atoms with van der Waals surface area (Å²) in [6.45, 7) is 8.71. The summed E-state index contributed by atoms with van der Waals surface area (Å²) in [4.78, 5) is 29.4. The van der Waals surface area contributed by atoms with E-state index in [-0.39, 0.29) is 18.4 Å². The molecule has 1 N–H and O–H groups in total. The number of nitrogens with zero attached hydrogens (tertiary/aromatic N) is 4. The third-order valence-electron chi connectivity index (χ3n) is 6.23. The van der Waals surface area contributed by atoms with Crippen LogP contribution in [0.3, 0.4) is 0 Å². The lowest BCUT2D eigenvalue weighted by Crippen LogP contribution is -2.46. The van der Waals surface area contributed by atoms with Crippen molar-refractivity contribution < 1.29 is 9.59 Å². The molecule has 2 amide bonds. The fourth-order valence-corrected chi connectivity index (χ4v) is 4.37. The molecule has 1 heterocycles. The zero-order valence-electron chi connectivity index (χ0n) is 21.3. The maximum absolute atomic E-state index is 14.1. The molecule has 1 aromatic heterocycles. The normalized spacial score (nSPS) is 12.0. The summed E-state index contributed by atoms with van der Waals surface area (Å²) in [6, 6.07) is 22.1. The molecule has 0 saturated carbocycles. The fraction of sp³-hybridized carbons (Fsp3) is 0.310. The summed E-state index contributed by atoms with van der Waals surface area (Å²) in [7, 11) is 0. The van der Waals surface area contributed by atoms with E-state index < -0.39 is 6.04 Å². The van der Waals surface area contributed by atoms with Crippen LogP contribution in [0.15, 0.2) is 72.8 Å². The number of benzene rings is 3. The minimum atomic E-state index is -0.831. The van der Waals surface area contributed by atoms with Crippen LogP contribution < -0.4 is 10.2 Å². The molecule has 1 unspecified atom stereocenters. The fourth-order valence-electron chi connectivity index (χ4n) is 4.37. The van der Waals surface area contributed by atoms with Crippen LogP contribution in [0.5, 0.6) is 0 Å². The van der Waals surface area contributed by atoms with Gasteiger partial charge in [-0.3, -0.25) is 14.5 Å². The van der Waals surface area contributed by atoms with E-state index in [1.807, 2.05) is 86.6 Å². The average molecular weight is 484 g/mol. The Morgan fingerprint density at radius 3 is 2.42 bits per heavy atom. The van der Waals surface area contributed by atoms with Gasteiger partial charge in [-0.2, -0.15) is 0 Å². The SMILES string of the molecule is Cc1ccc(N(C(=O)Cn2nnc3ccccc32)C(C(=O)NCCC(C)C)c2ccccc2)c(C)c1. The van der Waals surface area contributed by atoms with Crippen molar-refractivity contribution in [1.82, 2.24) is 20.3 Å². The third kappa shape index (κ3) is 5.62. The molecule has 4 aromatic rings. The lowest BCUT2D eigenvalue weighted by atomic mass is 10.0. The molecular weight excluding hydrogens is 450 g/mol. The molecule has 3 aromatic carbocycles. The first-order chi connectivity index (χ1) is 17.3. The monoisotopic (exact) mass is 483 g/mol. The number of hydrogen-bond donors (Lipinski definition) is 1. The Morgan fingerprint density at radius 1 is 0.972 bits per heavy atom. The smallest absolute Gasteiger partial charge is 0.249 e. The zero-order chi connectivity index (χ0) is 25.7. The van der Waals surface area contributed by atoms with Crippen molar-refractivity contribution in [3.63, 3.8) is 0 Å². The van der Waals surface area contributed by atoms with Crippen molar-refractivity contribution in [2.75, 3.05) is 11.4 Å². The number of amides is 2. The molecule has 1 atom stereocenters. The first-order valence-electron chi connectivity index (χ1n) is 12.4. The predicted molar refractivity (Wildman–Crippen MR) is 143 cm³/mol. The Hall–Kier alpha value is -4.00. The van der Waals surface area contributed by atoms with E-state index in [2.05, 4.69) is 29.5 Å². The van der Waals surface area contributed by atoms with Crippen LogP contribution in [0, 0.1) is 19.8 Å². The number of hydrogen-bond acceptors (Lipinski definition) is 4. The number of para-hydroxylation sites is 1. The summed E-state index contributed by atoms with van der Waals surface area (Å²) in [5.74, 6) is 0.00208. The van der Waals surface area contributed by atoms with Crippen molar-refractivity contribution in [2.45, 2.75) is 46.7 Å². The van der Waals surface area contributed by atoms with Gasteiger partial charge in [0.15, 0.2) is 0 Å². The van der Waals surface area contributed by atoms with Crippen LogP contribution in [-0.2, 0) is 16.1 Å². The molecule has 7 heteroatoms. The number of nitrogens with one attached hydrogen (secondary N) is 1. The molecule has 0 radical (unpaired) electrons. The van der Waals surface area contributed by atoms with Gasteiger partial charge in [0.25, 0.3) is 0 Å². The van der Waals surface area contributed by atoms with E-state index in [0.717, 1.165) is 34.1 Å². The second-order valence-electron chi connectivity index (χ2n) is 9.58. The van der Waals surface area contributed by atoms with Crippen LogP contribution in [0.4, 0.5) is 5.69 Å². The Morgan fingerprint density at radius 2 is 1.69 bits per heavy atom. The number of rotatable bonds is 9. The quantitative estimate of drug-likeness (QED) is 0.364. The molecule has 0 saturated heterocycles. The van der Waals surface area contributed by atoms with Gasteiger partial charge >= 0.3 is 0 Å². The number of fused-ring (bicyclic) bond motifs is 1. The van der Waals surface area contributed by atoms with Gasteiger partial charge in [-0.05, 0) is 55.5 Å². The number of carbonyl (C=O) groups is 2. The minimum absolute atomic E-state index is 0.0452. The number of anilines is 1. The van der Waals surface area contributed by atoms with Crippen molar-refractivity contribution in [3.8, 4) is 0 Å². The molecule has 0 spiro atoms. The average Bonchev–Trinajstić information content (AvgIpc) is 3.26. The number of aromatic nitrogens is 3. The Balaban J connectivity index is 1.78. The van der Waals surface area contributed by atoms with E-state index in [4.69, 9.17) is 0 Å². The summed E-state index contributed by atoms with van der Waals surface area (Å²) in [5, 5.41) is 11.5. The lowest BCUT2D eigenvalue weighted by Gasteiger charge is -2.33. The highest BCUT2D eigenvalue weighted by Gasteiger charge is 2.34. The van der Waals surface area contributed by atoms with Crippen LogP contribution in [0.1, 0.15) is 43.0 Å². The Labute approximate surface area is 212 Å². The second-order valence-corrected chi connectivity index (χ2v) is 9.58. The summed E-state index contributed by atoms with van der Waals surface area (Å²) in [5.41, 5.74) is 4.93. The molecule has 0 aliphatic carbocycles.